The lowest BCUT2D eigenvalue weighted by Gasteiger charge is -2.52. The maximum absolute atomic E-state index is 16.1. The number of ether oxygens (including phenoxy) is 3. The smallest absolute Gasteiger partial charge is 0.384 e. The Labute approximate surface area is 255 Å². The lowest BCUT2D eigenvalue weighted by atomic mass is 9.81. The van der Waals surface area contributed by atoms with E-state index in [1.54, 1.807) is 0 Å². The van der Waals surface area contributed by atoms with Gasteiger partial charge in [-0.25, -0.2) is 8.02 Å². The second-order valence-electron chi connectivity index (χ2n) is 9.57. The number of benzene rings is 3. The number of hydrogen-bond acceptors (Lipinski definition) is 6. The van der Waals surface area contributed by atoms with Crippen LogP contribution in [0, 0.1) is 0 Å². The maximum Gasteiger partial charge on any atom is 0.384 e. The van der Waals surface area contributed by atoms with Gasteiger partial charge in [-0.1, -0.05) is 0 Å². The molecule has 0 atom stereocenters. The van der Waals surface area contributed by atoms with Gasteiger partial charge in [-0.3, -0.25) is 0 Å². The fraction of sp³-hybridized carbons (Fsp3) is 0.333. The monoisotopic (exact) mass is 714 g/mol. The molecule has 1 aliphatic carbocycles. The van der Waals surface area contributed by atoms with Crippen LogP contribution in [0.5, 0.6) is 17.2 Å². The van der Waals surface area contributed by atoms with E-state index in [0.717, 1.165) is 72.8 Å². The summed E-state index contributed by atoms with van der Waals surface area (Å²) in [7, 11) is -8.77. The summed E-state index contributed by atoms with van der Waals surface area (Å²) >= 11 is 0. The van der Waals surface area contributed by atoms with Crippen molar-refractivity contribution >= 4 is 20.4 Å². The van der Waals surface area contributed by atoms with E-state index < -0.39 is 69.7 Å². The molecule has 0 heterocycles. The zero-order valence-corrected chi connectivity index (χ0v) is 25.0. The van der Waals surface area contributed by atoms with Crippen LogP contribution in [0.25, 0.3) is 0 Å². The Hall–Kier alpha value is -3.45. The molecule has 6 nitrogen and oxygen atoms in total. The van der Waals surface area contributed by atoms with E-state index in [0.29, 0.717) is 0 Å². The first-order chi connectivity index (χ1) is 21.1. The third-order valence-corrected chi connectivity index (χ3v) is 12.6. The van der Waals surface area contributed by atoms with Crippen LogP contribution >= 0.6 is 10.3 Å². The highest BCUT2D eigenvalue weighted by atomic mass is 32.3. The molecule has 46 heavy (non-hydrogen) atoms. The van der Waals surface area contributed by atoms with Crippen molar-refractivity contribution in [3.63, 3.8) is 0 Å². The van der Waals surface area contributed by atoms with Crippen molar-refractivity contribution in [2.75, 3.05) is 21.3 Å². The Morgan fingerprint density at radius 1 is 0.435 bits per heavy atom. The Kier molecular flexibility index (Phi) is 8.52. The summed E-state index contributed by atoms with van der Waals surface area (Å²) in [4.78, 5) is -1.37. The molecular weight excluding hydrogens is 693 g/mol. The molecule has 0 bridgehead atoms. The van der Waals surface area contributed by atoms with Gasteiger partial charge in [0.25, 0.3) is 0 Å². The van der Waals surface area contributed by atoms with Gasteiger partial charge in [0.15, 0.2) is 0 Å². The predicted molar refractivity (Wildman–Crippen MR) is 140 cm³/mol. The first-order valence-corrected chi connectivity index (χ1v) is 15.3. The first-order valence-electron chi connectivity index (χ1n) is 12.4. The van der Waals surface area contributed by atoms with Gasteiger partial charge in [-0.15, -0.1) is 0 Å². The minimum Gasteiger partial charge on any atom is -0.497 e. The summed E-state index contributed by atoms with van der Waals surface area (Å²) in [6.07, 6.45) is 0. The van der Waals surface area contributed by atoms with Gasteiger partial charge in [-0.05, 0) is 83.1 Å². The molecule has 0 saturated heterocycles. The lowest BCUT2D eigenvalue weighted by Crippen LogP contribution is -2.85. The third kappa shape index (κ3) is 4.44. The molecule has 0 spiro atoms. The van der Waals surface area contributed by atoms with Crippen molar-refractivity contribution in [2.45, 2.75) is 49.3 Å². The summed E-state index contributed by atoms with van der Waals surface area (Å²) in [5.41, 5.74) is 0. The maximum atomic E-state index is 16.1. The number of methoxy groups -OCH3 is 3. The molecule has 1 saturated carbocycles. The molecule has 4 rings (SSSR count). The number of alkyl halides is 11. The number of rotatable bonds is 9. The molecule has 19 heteroatoms. The molecule has 0 N–H and O–H groups in total. The normalized spacial score (nSPS) is 21.2. The van der Waals surface area contributed by atoms with Gasteiger partial charge in [0.1, 0.15) is 17.2 Å². The minimum atomic E-state index is -7.86. The third-order valence-electron chi connectivity index (χ3n) is 7.10. The average Bonchev–Trinajstić information content (AvgIpc) is 3.02. The van der Waals surface area contributed by atoms with Gasteiger partial charge in [0, 0.05) is 14.7 Å². The Morgan fingerprint density at radius 2 is 0.674 bits per heavy atom. The highest BCUT2D eigenvalue weighted by Gasteiger charge is 3.04. The molecule has 3 aromatic rings. The average molecular weight is 715 g/mol. The van der Waals surface area contributed by atoms with E-state index >= 15 is 22.0 Å². The standard InChI is InChI=1S/C27H21F11O6S2/c1-41-16-4-10-19(11-5-16)45(20-12-6-17(42-2)7-13-20,21-14-8-18(43-3)9-15-21)44-46(39,40)27(38)25(34,35)23(30,31)22(28,29)24(32,33)26(27,36)37/h4-15H,1-3H3. The van der Waals surface area contributed by atoms with Crippen molar-refractivity contribution in [1.82, 2.24) is 0 Å². The van der Waals surface area contributed by atoms with Crippen LogP contribution in [0.1, 0.15) is 0 Å². The highest BCUT2D eigenvalue weighted by molar-refractivity contribution is 8.33. The van der Waals surface area contributed by atoms with Crippen LogP contribution in [0.15, 0.2) is 87.5 Å². The van der Waals surface area contributed by atoms with Crippen molar-refractivity contribution < 1.29 is 74.6 Å². The first kappa shape index (κ1) is 35.4. The molecular formula is C27H21F11O6S2. The fourth-order valence-electron chi connectivity index (χ4n) is 4.52. The van der Waals surface area contributed by atoms with Crippen LogP contribution in [0.2, 0.25) is 0 Å². The molecule has 0 aliphatic heterocycles. The fourth-order valence-corrected chi connectivity index (χ4v) is 10.2. The Bertz CT molecular complexity index is 1540. The van der Waals surface area contributed by atoms with Gasteiger partial charge in [-0.2, -0.15) is 52.3 Å². The van der Waals surface area contributed by atoms with E-state index in [2.05, 4.69) is 0 Å². The lowest BCUT2D eigenvalue weighted by molar-refractivity contribution is -0.470. The quantitative estimate of drug-likeness (QED) is 0.209. The SMILES string of the molecule is COc1ccc(S(OS(=O)(=O)C2(F)C(F)(F)C(F)(F)C(F)(F)C(F)(F)C2(F)F)(c2ccc(OC)cc2)c2ccc(OC)cc2)cc1. The zero-order valence-electron chi connectivity index (χ0n) is 23.4. The van der Waals surface area contributed by atoms with E-state index in [9.17, 15) is 34.8 Å². The predicted octanol–water partition coefficient (Wildman–Crippen LogP) is 8.11. The summed E-state index contributed by atoms with van der Waals surface area (Å²) in [6, 6.07) is 12.7. The van der Waals surface area contributed by atoms with Crippen LogP contribution in [-0.2, 0) is 13.7 Å². The summed E-state index contributed by atoms with van der Waals surface area (Å²) in [6.45, 7) is 0. The van der Waals surface area contributed by atoms with Crippen LogP contribution < -0.4 is 14.2 Å². The van der Waals surface area contributed by atoms with Gasteiger partial charge in [0.2, 0.25) is 0 Å². The molecule has 1 aliphatic rings. The number of hydrogen-bond donors (Lipinski definition) is 0. The molecule has 3 aromatic carbocycles. The van der Waals surface area contributed by atoms with Crippen molar-refractivity contribution in [3.05, 3.63) is 72.8 Å². The second kappa shape index (κ2) is 11.1. The highest BCUT2D eigenvalue weighted by Crippen LogP contribution is 2.75. The van der Waals surface area contributed by atoms with Crippen molar-refractivity contribution in [3.8, 4) is 17.2 Å². The van der Waals surface area contributed by atoms with E-state index in [4.69, 9.17) is 17.8 Å². The van der Waals surface area contributed by atoms with Crippen LogP contribution in [-0.4, -0.2) is 64.4 Å². The summed E-state index contributed by atoms with van der Waals surface area (Å²) in [5.74, 6) is -38.2. The van der Waals surface area contributed by atoms with Gasteiger partial charge in [0.05, 0.1) is 21.3 Å². The molecule has 254 valence electrons. The largest absolute Gasteiger partial charge is 0.497 e. The van der Waals surface area contributed by atoms with E-state index in [-0.39, 0.29) is 17.2 Å². The van der Waals surface area contributed by atoms with Crippen LogP contribution in [0.4, 0.5) is 48.3 Å². The zero-order chi connectivity index (χ0) is 34.8. The van der Waals surface area contributed by atoms with Crippen molar-refractivity contribution in [2.24, 2.45) is 0 Å². The minimum absolute atomic E-state index is 0.0678. The van der Waals surface area contributed by atoms with E-state index in [1.165, 1.54) is 21.3 Å². The molecule has 0 radical (unpaired) electrons. The van der Waals surface area contributed by atoms with E-state index in [1.807, 2.05) is 0 Å². The van der Waals surface area contributed by atoms with Crippen molar-refractivity contribution in [1.29, 1.82) is 0 Å². The van der Waals surface area contributed by atoms with Gasteiger partial charge >= 0.3 is 44.7 Å². The molecule has 1 fully saturated rings. The summed E-state index contributed by atoms with van der Waals surface area (Å²) in [5, 5.41) is -7.48. The molecule has 0 amide bonds. The van der Waals surface area contributed by atoms with Crippen LogP contribution in [0.3, 0.4) is 0 Å². The number of halogens is 11. The van der Waals surface area contributed by atoms with Gasteiger partial charge < -0.3 is 14.2 Å². The Balaban J connectivity index is 2.14. The molecule has 0 aromatic heterocycles. The Morgan fingerprint density at radius 3 is 0.913 bits per heavy atom. The topological polar surface area (TPSA) is 71.1 Å². The summed E-state index contributed by atoms with van der Waals surface area (Å²) < 4.78 is 208. The molecule has 0 unspecified atom stereocenters. The second-order valence-corrected chi connectivity index (χ2v) is 14.1.